The first kappa shape index (κ1) is 15.7. The normalized spacial score (nSPS) is 13.8. The first-order chi connectivity index (χ1) is 9.90. The summed E-state index contributed by atoms with van der Waals surface area (Å²) in [7, 11) is 0. The van der Waals surface area contributed by atoms with E-state index >= 15 is 0 Å². The number of carbonyl (C=O) groups excluding carboxylic acids is 3. The lowest BCUT2D eigenvalue weighted by molar-refractivity contribution is -0.122. The van der Waals surface area contributed by atoms with Gasteiger partial charge in [-0.3, -0.25) is 19.3 Å². The van der Waals surface area contributed by atoms with Gasteiger partial charge in [0.05, 0.1) is 11.3 Å². The molecule has 1 heterocycles. The first-order valence-electron chi connectivity index (χ1n) is 6.82. The number of fused-ring (bicyclic) bond motifs is 1. The fraction of sp³-hybridized carbons (Fsp3) is 0.400. The van der Waals surface area contributed by atoms with E-state index in [-0.39, 0.29) is 12.5 Å². The summed E-state index contributed by atoms with van der Waals surface area (Å²) in [6, 6.07) is 5.02. The quantitative estimate of drug-likeness (QED) is 0.825. The van der Waals surface area contributed by atoms with Crippen LogP contribution in [0.1, 0.15) is 30.6 Å². The lowest BCUT2D eigenvalue weighted by atomic mass is 10.1. The monoisotopic (exact) mass is 352 g/mol. The number of amides is 2. The Balaban J connectivity index is 2.06. The molecule has 0 saturated heterocycles. The topological polar surface area (TPSA) is 66.5 Å². The van der Waals surface area contributed by atoms with Crippen LogP contribution in [0, 0.1) is 5.92 Å². The maximum Gasteiger partial charge on any atom is 0.299 e. The smallest absolute Gasteiger partial charge is 0.299 e. The van der Waals surface area contributed by atoms with Crippen LogP contribution in [-0.4, -0.2) is 30.7 Å². The predicted molar refractivity (Wildman–Crippen MR) is 83.3 cm³/mol. The molecule has 0 spiro atoms. The highest BCUT2D eigenvalue weighted by Gasteiger charge is 2.36. The van der Waals surface area contributed by atoms with Crippen molar-refractivity contribution in [1.29, 1.82) is 0 Å². The van der Waals surface area contributed by atoms with Crippen LogP contribution in [0.25, 0.3) is 0 Å². The molecule has 5 nitrogen and oxygen atoms in total. The molecule has 0 aromatic heterocycles. The largest absolute Gasteiger partial charge is 0.355 e. The van der Waals surface area contributed by atoms with Crippen molar-refractivity contribution in [3.8, 4) is 0 Å². The highest BCUT2D eigenvalue weighted by molar-refractivity contribution is 9.10. The summed E-state index contributed by atoms with van der Waals surface area (Å²) >= 11 is 3.27. The fourth-order valence-electron chi connectivity index (χ4n) is 2.13. The van der Waals surface area contributed by atoms with Crippen LogP contribution in [0.5, 0.6) is 0 Å². The number of hydrogen-bond donors (Lipinski definition) is 1. The number of rotatable bonds is 5. The molecule has 6 heteroatoms. The van der Waals surface area contributed by atoms with Crippen molar-refractivity contribution in [2.24, 2.45) is 5.92 Å². The minimum Gasteiger partial charge on any atom is -0.355 e. The number of nitrogens with zero attached hydrogens (tertiary/aromatic N) is 1. The molecule has 0 atom stereocenters. The Bertz CT molecular complexity index is 599. The van der Waals surface area contributed by atoms with Crippen molar-refractivity contribution in [1.82, 2.24) is 5.32 Å². The van der Waals surface area contributed by atoms with Crippen LogP contribution in [0.3, 0.4) is 0 Å². The maximum atomic E-state index is 12.0. The average Bonchev–Trinajstić information content (AvgIpc) is 2.63. The zero-order valence-electron chi connectivity index (χ0n) is 12.0. The number of Topliss-reactive ketones (excluding diaryl/α,β-unsaturated/α-hetero) is 1. The third-order valence-corrected chi connectivity index (χ3v) is 3.77. The maximum absolute atomic E-state index is 12.0. The van der Waals surface area contributed by atoms with Crippen LogP contribution in [0.2, 0.25) is 0 Å². The Kier molecular flexibility index (Phi) is 4.77. The van der Waals surface area contributed by atoms with E-state index in [2.05, 4.69) is 35.1 Å². The third kappa shape index (κ3) is 3.50. The molecule has 21 heavy (non-hydrogen) atoms. The van der Waals surface area contributed by atoms with Crippen LogP contribution in [0.15, 0.2) is 22.7 Å². The summed E-state index contributed by atoms with van der Waals surface area (Å²) in [5.41, 5.74) is 0.830. The summed E-state index contributed by atoms with van der Waals surface area (Å²) in [4.78, 5) is 37.0. The second kappa shape index (κ2) is 6.39. The van der Waals surface area contributed by atoms with Gasteiger partial charge in [-0.25, -0.2) is 0 Å². The first-order valence-corrected chi connectivity index (χ1v) is 7.62. The van der Waals surface area contributed by atoms with E-state index in [1.165, 1.54) is 4.90 Å². The Hall–Kier alpha value is -1.69. The van der Waals surface area contributed by atoms with Gasteiger partial charge in [0.1, 0.15) is 6.54 Å². The van der Waals surface area contributed by atoms with Crippen molar-refractivity contribution < 1.29 is 14.4 Å². The summed E-state index contributed by atoms with van der Waals surface area (Å²) < 4.78 is 0.727. The van der Waals surface area contributed by atoms with Gasteiger partial charge in [0.25, 0.3) is 11.7 Å². The number of carbonyl (C=O) groups is 3. The Morgan fingerprint density at radius 2 is 2.05 bits per heavy atom. The second-order valence-electron chi connectivity index (χ2n) is 5.41. The molecule has 0 unspecified atom stereocenters. The zero-order chi connectivity index (χ0) is 15.6. The van der Waals surface area contributed by atoms with Gasteiger partial charge >= 0.3 is 0 Å². The van der Waals surface area contributed by atoms with Gasteiger partial charge in [-0.2, -0.15) is 0 Å². The highest BCUT2D eigenvalue weighted by atomic mass is 79.9. The van der Waals surface area contributed by atoms with E-state index in [9.17, 15) is 14.4 Å². The average molecular weight is 353 g/mol. The van der Waals surface area contributed by atoms with Gasteiger partial charge in [-0.1, -0.05) is 29.8 Å². The standard InChI is InChI=1S/C15H17BrN2O3/c1-9(2)5-6-17-13(19)8-18-12-4-3-10(16)7-11(12)14(20)15(18)21/h3-4,7,9H,5-6,8H2,1-2H3,(H,17,19). The van der Waals surface area contributed by atoms with Gasteiger partial charge in [0, 0.05) is 11.0 Å². The molecule has 1 aliphatic rings. The predicted octanol–water partition coefficient (Wildman–Crippen LogP) is 2.14. The second-order valence-corrected chi connectivity index (χ2v) is 6.33. The number of ketones is 1. The van der Waals surface area contributed by atoms with Gasteiger partial charge in [0.15, 0.2) is 0 Å². The van der Waals surface area contributed by atoms with Crippen molar-refractivity contribution in [2.45, 2.75) is 20.3 Å². The number of hydrogen-bond acceptors (Lipinski definition) is 3. The summed E-state index contributed by atoms with van der Waals surface area (Å²) in [6.45, 7) is 4.59. The van der Waals surface area contributed by atoms with Gasteiger partial charge in [-0.05, 0) is 30.5 Å². The molecule has 0 aliphatic carbocycles. The molecule has 1 aliphatic heterocycles. The molecule has 0 fully saturated rings. The molecule has 2 amide bonds. The van der Waals surface area contributed by atoms with E-state index in [0.717, 1.165) is 10.9 Å². The Labute approximate surface area is 131 Å². The Morgan fingerprint density at radius 3 is 2.71 bits per heavy atom. The summed E-state index contributed by atoms with van der Waals surface area (Å²) in [6.07, 6.45) is 0.877. The van der Waals surface area contributed by atoms with E-state index in [4.69, 9.17) is 0 Å². The van der Waals surface area contributed by atoms with Crippen molar-refractivity contribution >= 4 is 39.2 Å². The van der Waals surface area contributed by atoms with E-state index in [1.807, 2.05) is 0 Å². The van der Waals surface area contributed by atoms with Crippen LogP contribution in [0.4, 0.5) is 5.69 Å². The minimum atomic E-state index is -0.651. The number of anilines is 1. The van der Waals surface area contributed by atoms with E-state index in [0.29, 0.717) is 23.7 Å². The van der Waals surface area contributed by atoms with Crippen LogP contribution < -0.4 is 10.2 Å². The molecule has 1 aromatic rings. The lowest BCUT2D eigenvalue weighted by Crippen LogP contribution is -2.40. The molecular formula is C15H17BrN2O3. The fourth-order valence-corrected chi connectivity index (χ4v) is 2.49. The SMILES string of the molecule is CC(C)CCNC(=O)CN1C(=O)C(=O)c2cc(Br)ccc21. The Morgan fingerprint density at radius 1 is 1.33 bits per heavy atom. The molecule has 1 aromatic carbocycles. The molecule has 0 bridgehead atoms. The molecule has 0 radical (unpaired) electrons. The zero-order valence-corrected chi connectivity index (χ0v) is 13.6. The van der Waals surface area contributed by atoms with Crippen LogP contribution >= 0.6 is 15.9 Å². The number of nitrogens with one attached hydrogen (secondary N) is 1. The van der Waals surface area contributed by atoms with Crippen LogP contribution in [-0.2, 0) is 9.59 Å². The van der Waals surface area contributed by atoms with Crippen molar-refractivity contribution in [3.05, 3.63) is 28.2 Å². The molecule has 2 rings (SSSR count). The van der Waals surface area contributed by atoms with E-state index < -0.39 is 11.7 Å². The molecule has 0 saturated carbocycles. The number of benzene rings is 1. The highest BCUT2D eigenvalue weighted by Crippen LogP contribution is 2.30. The molecule has 1 N–H and O–H groups in total. The van der Waals surface area contributed by atoms with E-state index in [1.54, 1.807) is 18.2 Å². The van der Waals surface area contributed by atoms with Gasteiger partial charge in [0.2, 0.25) is 5.91 Å². The third-order valence-electron chi connectivity index (χ3n) is 3.28. The van der Waals surface area contributed by atoms with Gasteiger partial charge in [-0.15, -0.1) is 0 Å². The van der Waals surface area contributed by atoms with Crippen molar-refractivity contribution in [3.63, 3.8) is 0 Å². The summed E-state index contributed by atoms with van der Waals surface area (Å²) in [5, 5.41) is 2.77. The van der Waals surface area contributed by atoms with Crippen molar-refractivity contribution in [2.75, 3.05) is 18.0 Å². The molecule has 112 valence electrons. The summed E-state index contributed by atoms with van der Waals surface area (Å²) in [5.74, 6) is -0.977. The minimum absolute atomic E-state index is 0.128. The lowest BCUT2D eigenvalue weighted by Gasteiger charge is -2.16. The van der Waals surface area contributed by atoms with Gasteiger partial charge < -0.3 is 5.32 Å². The number of halogens is 1. The molecular weight excluding hydrogens is 336 g/mol.